The minimum Gasteiger partial charge on any atom is -0.352 e. The van der Waals surface area contributed by atoms with Gasteiger partial charge in [0.25, 0.3) is 0 Å². The quantitative estimate of drug-likeness (QED) is 0.813. The van der Waals surface area contributed by atoms with Crippen molar-refractivity contribution in [2.75, 3.05) is 5.75 Å². The molecule has 3 unspecified atom stereocenters. The Kier molecular flexibility index (Phi) is 6.23. The number of rotatable bonds is 6. The summed E-state index contributed by atoms with van der Waals surface area (Å²) >= 11 is 1.41. The highest BCUT2D eigenvalue weighted by molar-refractivity contribution is 7.99. The Balaban J connectivity index is 1.82. The van der Waals surface area contributed by atoms with Crippen LogP contribution in [-0.2, 0) is 11.3 Å². The number of tetrazole rings is 1. The molecule has 0 aromatic carbocycles. The van der Waals surface area contributed by atoms with E-state index in [9.17, 15) is 4.79 Å². The largest absolute Gasteiger partial charge is 0.352 e. The van der Waals surface area contributed by atoms with Gasteiger partial charge in [-0.3, -0.25) is 4.79 Å². The molecule has 1 aromatic heterocycles. The Morgan fingerprint density at radius 3 is 2.91 bits per heavy atom. The van der Waals surface area contributed by atoms with Gasteiger partial charge in [0.05, 0.1) is 5.75 Å². The third-order valence-electron chi connectivity index (χ3n) is 4.42. The highest BCUT2D eigenvalue weighted by atomic mass is 32.2. The summed E-state index contributed by atoms with van der Waals surface area (Å²) in [5, 5.41) is 15.6. The zero-order chi connectivity index (χ0) is 16.1. The average Bonchev–Trinajstić information content (AvgIpc) is 2.88. The monoisotopic (exact) mass is 325 g/mol. The van der Waals surface area contributed by atoms with Gasteiger partial charge in [0, 0.05) is 12.6 Å². The van der Waals surface area contributed by atoms with Crippen LogP contribution in [0.25, 0.3) is 0 Å². The van der Waals surface area contributed by atoms with Crippen LogP contribution in [0, 0.1) is 17.8 Å². The number of nitrogens with zero attached hydrogens (tertiary/aromatic N) is 4. The standard InChI is InChI=1S/C15H27N5OS/c1-10(2)8-20-15(17-18-19-20)22-9-14(21)16-13-7-5-6-11(3)12(13)4/h10-13H,5-9H2,1-4H3,(H,16,21). The lowest BCUT2D eigenvalue weighted by molar-refractivity contribution is -0.120. The summed E-state index contributed by atoms with van der Waals surface area (Å²) in [6, 6.07) is 0.309. The Labute approximate surface area is 136 Å². The second kappa shape index (κ2) is 7.94. The van der Waals surface area contributed by atoms with E-state index in [0.29, 0.717) is 34.7 Å². The number of hydrogen-bond acceptors (Lipinski definition) is 5. The van der Waals surface area contributed by atoms with Crippen molar-refractivity contribution in [3.63, 3.8) is 0 Å². The fraction of sp³-hybridized carbons (Fsp3) is 0.867. The molecule has 3 atom stereocenters. The zero-order valence-electron chi connectivity index (χ0n) is 14.0. The number of carbonyl (C=O) groups is 1. The van der Waals surface area contributed by atoms with E-state index in [1.807, 2.05) is 0 Å². The van der Waals surface area contributed by atoms with E-state index >= 15 is 0 Å². The molecule has 1 N–H and O–H groups in total. The summed E-state index contributed by atoms with van der Waals surface area (Å²) in [6.07, 6.45) is 3.56. The van der Waals surface area contributed by atoms with Crippen molar-refractivity contribution in [2.24, 2.45) is 17.8 Å². The molecule has 1 amide bonds. The van der Waals surface area contributed by atoms with Crippen LogP contribution in [-0.4, -0.2) is 37.9 Å². The van der Waals surface area contributed by atoms with Crippen LogP contribution in [0.15, 0.2) is 5.16 Å². The van der Waals surface area contributed by atoms with Crippen LogP contribution in [0.2, 0.25) is 0 Å². The van der Waals surface area contributed by atoms with Crippen molar-refractivity contribution in [3.05, 3.63) is 0 Å². The van der Waals surface area contributed by atoms with Gasteiger partial charge in [0.2, 0.25) is 11.1 Å². The van der Waals surface area contributed by atoms with E-state index in [-0.39, 0.29) is 5.91 Å². The van der Waals surface area contributed by atoms with Crippen LogP contribution in [0.4, 0.5) is 0 Å². The van der Waals surface area contributed by atoms with Crippen molar-refractivity contribution in [1.82, 2.24) is 25.5 Å². The third kappa shape index (κ3) is 4.69. The number of carbonyl (C=O) groups excluding carboxylic acids is 1. The molecule has 1 fully saturated rings. The predicted molar refractivity (Wildman–Crippen MR) is 87.5 cm³/mol. The minimum atomic E-state index is 0.0787. The summed E-state index contributed by atoms with van der Waals surface area (Å²) in [6.45, 7) is 9.53. The molecule has 6 nitrogen and oxygen atoms in total. The van der Waals surface area contributed by atoms with Crippen LogP contribution in [0.5, 0.6) is 0 Å². The summed E-state index contributed by atoms with van der Waals surface area (Å²) in [4.78, 5) is 12.2. The average molecular weight is 325 g/mol. The fourth-order valence-corrected chi connectivity index (χ4v) is 3.62. The molecular formula is C15H27N5OS. The van der Waals surface area contributed by atoms with E-state index in [0.717, 1.165) is 13.0 Å². The van der Waals surface area contributed by atoms with Crippen molar-refractivity contribution in [2.45, 2.75) is 64.7 Å². The molecule has 1 aromatic rings. The van der Waals surface area contributed by atoms with Gasteiger partial charge in [-0.05, 0) is 34.6 Å². The van der Waals surface area contributed by atoms with Crippen LogP contribution < -0.4 is 5.32 Å². The number of amides is 1. The Hall–Kier alpha value is -1.11. The van der Waals surface area contributed by atoms with Crippen molar-refractivity contribution in [1.29, 1.82) is 0 Å². The molecule has 1 saturated carbocycles. The molecule has 1 aliphatic rings. The molecular weight excluding hydrogens is 298 g/mol. The Bertz CT molecular complexity index is 490. The van der Waals surface area contributed by atoms with E-state index in [4.69, 9.17) is 0 Å². The Morgan fingerprint density at radius 1 is 1.41 bits per heavy atom. The first-order chi connectivity index (χ1) is 10.5. The molecule has 0 saturated heterocycles. The van der Waals surface area contributed by atoms with Gasteiger partial charge in [-0.15, -0.1) is 5.10 Å². The summed E-state index contributed by atoms with van der Waals surface area (Å²) in [5.74, 6) is 2.16. The number of aromatic nitrogens is 4. The first kappa shape index (κ1) is 17.2. The van der Waals surface area contributed by atoms with Gasteiger partial charge < -0.3 is 5.32 Å². The molecule has 1 heterocycles. The normalized spacial score (nSPS) is 25.4. The van der Waals surface area contributed by atoms with E-state index in [1.165, 1.54) is 24.6 Å². The van der Waals surface area contributed by atoms with Gasteiger partial charge in [0.15, 0.2) is 0 Å². The number of hydrogen-bond donors (Lipinski definition) is 1. The zero-order valence-corrected chi connectivity index (χ0v) is 14.8. The predicted octanol–water partition coefficient (Wildman–Crippen LogP) is 2.36. The van der Waals surface area contributed by atoms with Gasteiger partial charge >= 0.3 is 0 Å². The van der Waals surface area contributed by atoms with E-state index < -0.39 is 0 Å². The van der Waals surface area contributed by atoms with E-state index in [1.54, 1.807) is 4.68 Å². The maximum atomic E-state index is 12.2. The highest BCUT2D eigenvalue weighted by Gasteiger charge is 2.28. The van der Waals surface area contributed by atoms with Crippen LogP contribution in [0.1, 0.15) is 47.0 Å². The smallest absolute Gasteiger partial charge is 0.230 e. The second-order valence-electron chi connectivity index (χ2n) is 6.77. The van der Waals surface area contributed by atoms with Crippen LogP contribution in [0.3, 0.4) is 0 Å². The van der Waals surface area contributed by atoms with Crippen molar-refractivity contribution >= 4 is 17.7 Å². The molecule has 7 heteroatoms. The number of nitrogens with one attached hydrogen (secondary N) is 1. The number of thioether (sulfide) groups is 1. The van der Waals surface area contributed by atoms with Gasteiger partial charge in [-0.1, -0.05) is 52.3 Å². The first-order valence-electron chi connectivity index (χ1n) is 8.15. The minimum absolute atomic E-state index is 0.0787. The van der Waals surface area contributed by atoms with Gasteiger partial charge in [0.1, 0.15) is 0 Å². The molecule has 0 aliphatic heterocycles. The van der Waals surface area contributed by atoms with Crippen molar-refractivity contribution < 1.29 is 4.79 Å². The maximum Gasteiger partial charge on any atom is 0.230 e. The SMILES string of the molecule is CC(C)Cn1nnnc1SCC(=O)NC1CCCC(C)C1C. The van der Waals surface area contributed by atoms with Crippen molar-refractivity contribution in [3.8, 4) is 0 Å². The van der Waals surface area contributed by atoms with Crippen LogP contribution >= 0.6 is 11.8 Å². The molecule has 0 bridgehead atoms. The highest BCUT2D eigenvalue weighted by Crippen LogP contribution is 2.29. The first-order valence-corrected chi connectivity index (χ1v) is 9.14. The lowest BCUT2D eigenvalue weighted by atomic mass is 9.78. The summed E-state index contributed by atoms with van der Waals surface area (Å²) < 4.78 is 1.77. The van der Waals surface area contributed by atoms with Gasteiger partial charge in [-0.25, -0.2) is 4.68 Å². The fourth-order valence-electron chi connectivity index (χ4n) is 2.92. The van der Waals surface area contributed by atoms with E-state index in [2.05, 4.69) is 48.5 Å². The second-order valence-corrected chi connectivity index (χ2v) is 7.71. The van der Waals surface area contributed by atoms with Gasteiger partial charge in [-0.2, -0.15) is 0 Å². The molecule has 2 rings (SSSR count). The molecule has 22 heavy (non-hydrogen) atoms. The maximum absolute atomic E-state index is 12.2. The molecule has 124 valence electrons. The Morgan fingerprint density at radius 2 is 2.18 bits per heavy atom. The molecule has 0 spiro atoms. The lowest BCUT2D eigenvalue weighted by Gasteiger charge is -2.34. The molecule has 0 radical (unpaired) electrons. The summed E-state index contributed by atoms with van der Waals surface area (Å²) in [7, 11) is 0. The summed E-state index contributed by atoms with van der Waals surface area (Å²) in [5.41, 5.74) is 0. The third-order valence-corrected chi connectivity index (χ3v) is 5.38. The molecule has 1 aliphatic carbocycles. The lowest BCUT2D eigenvalue weighted by Crippen LogP contribution is -2.44. The topological polar surface area (TPSA) is 72.7 Å².